The van der Waals surface area contributed by atoms with E-state index in [0.29, 0.717) is 6.04 Å². The number of aromatic nitrogens is 1. The molecule has 0 unspecified atom stereocenters. The molecule has 0 amide bonds. The molecule has 1 aliphatic rings. The van der Waals surface area contributed by atoms with Gasteiger partial charge in [-0.15, -0.1) is 0 Å². The Labute approximate surface area is 111 Å². The topological polar surface area (TPSA) is 25.4 Å². The van der Waals surface area contributed by atoms with E-state index in [1.807, 2.05) is 12.3 Å². The summed E-state index contributed by atoms with van der Waals surface area (Å²) in [6, 6.07) is 10.8. The highest BCUT2D eigenvalue weighted by Crippen LogP contribution is 2.32. The third-order valence-corrected chi connectivity index (χ3v) is 4.25. The summed E-state index contributed by atoms with van der Waals surface area (Å²) in [5, 5.41) is 1.10. The fourth-order valence-electron chi connectivity index (χ4n) is 2.14. The van der Waals surface area contributed by atoms with E-state index in [9.17, 15) is 0 Å². The molecule has 94 valence electrons. The highest BCUT2D eigenvalue weighted by Gasteiger charge is 2.21. The molecule has 4 heteroatoms. The van der Waals surface area contributed by atoms with Gasteiger partial charge in [0.05, 0.1) is 24.1 Å². The number of morpholine rings is 1. The fraction of sp³-hybridized carbons (Fsp3) is 0.357. The summed E-state index contributed by atoms with van der Waals surface area (Å²) in [4.78, 5) is 8.12. The lowest BCUT2D eigenvalue weighted by atomic mass is 10.2. The molecule has 1 aromatic carbocycles. The second-order valence-electron chi connectivity index (χ2n) is 4.49. The molecule has 2 aromatic rings. The zero-order chi connectivity index (χ0) is 12.4. The monoisotopic (exact) mass is 260 g/mol. The van der Waals surface area contributed by atoms with Gasteiger partial charge in [-0.3, -0.25) is 0 Å². The molecule has 1 aliphatic heterocycles. The van der Waals surface area contributed by atoms with Gasteiger partial charge in [-0.05, 0) is 12.5 Å². The Hall–Kier alpha value is -1.39. The number of ether oxygens (including phenoxy) is 1. The summed E-state index contributed by atoms with van der Waals surface area (Å²) >= 11 is 1.76. The van der Waals surface area contributed by atoms with Gasteiger partial charge in [-0.1, -0.05) is 41.7 Å². The number of thiazole rings is 1. The lowest BCUT2D eigenvalue weighted by molar-refractivity contribution is 0.0989. The average molecular weight is 260 g/mol. The van der Waals surface area contributed by atoms with Gasteiger partial charge < -0.3 is 9.64 Å². The Balaban J connectivity index is 1.85. The molecule has 0 radical (unpaired) electrons. The first-order valence-corrected chi connectivity index (χ1v) is 7.02. The van der Waals surface area contributed by atoms with Gasteiger partial charge in [0, 0.05) is 12.7 Å². The molecule has 0 spiro atoms. The molecular weight excluding hydrogens is 244 g/mol. The van der Waals surface area contributed by atoms with Gasteiger partial charge in [0.2, 0.25) is 0 Å². The van der Waals surface area contributed by atoms with Crippen molar-refractivity contribution in [3.8, 4) is 10.4 Å². The normalized spacial score (nSPS) is 20.1. The van der Waals surface area contributed by atoms with Gasteiger partial charge in [0.25, 0.3) is 0 Å². The quantitative estimate of drug-likeness (QED) is 0.830. The molecule has 0 N–H and O–H groups in total. The van der Waals surface area contributed by atoms with Crippen molar-refractivity contribution in [3.05, 3.63) is 36.5 Å². The zero-order valence-corrected chi connectivity index (χ0v) is 11.2. The summed E-state index contributed by atoms with van der Waals surface area (Å²) in [5.41, 5.74) is 1.24. The van der Waals surface area contributed by atoms with Crippen molar-refractivity contribution in [2.75, 3.05) is 24.7 Å². The van der Waals surface area contributed by atoms with Crippen LogP contribution in [0.5, 0.6) is 0 Å². The molecule has 1 fully saturated rings. The van der Waals surface area contributed by atoms with Gasteiger partial charge in [-0.25, -0.2) is 4.98 Å². The summed E-state index contributed by atoms with van der Waals surface area (Å²) in [5.74, 6) is 0. The summed E-state index contributed by atoms with van der Waals surface area (Å²) < 4.78 is 5.46. The highest BCUT2D eigenvalue weighted by molar-refractivity contribution is 7.18. The van der Waals surface area contributed by atoms with Crippen LogP contribution in [-0.4, -0.2) is 30.8 Å². The minimum atomic E-state index is 0.411. The lowest BCUT2D eigenvalue weighted by Gasteiger charge is -2.32. The first kappa shape index (κ1) is 11.7. The van der Waals surface area contributed by atoms with Gasteiger partial charge in [-0.2, -0.15) is 0 Å². The Bertz CT molecular complexity index is 512. The van der Waals surface area contributed by atoms with Crippen LogP contribution < -0.4 is 4.90 Å². The maximum atomic E-state index is 5.46. The first-order valence-electron chi connectivity index (χ1n) is 6.20. The van der Waals surface area contributed by atoms with Crippen molar-refractivity contribution in [2.24, 2.45) is 0 Å². The molecule has 0 bridgehead atoms. The number of benzene rings is 1. The molecule has 0 saturated carbocycles. The molecule has 0 aliphatic carbocycles. The number of nitrogens with zero attached hydrogens (tertiary/aromatic N) is 2. The maximum absolute atomic E-state index is 5.46. The summed E-state index contributed by atoms with van der Waals surface area (Å²) in [7, 11) is 0. The van der Waals surface area contributed by atoms with Crippen LogP contribution in [0.1, 0.15) is 6.92 Å². The van der Waals surface area contributed by atoms with E-state index in [4.69, 9.17) is 4.74 Å². The second kappa shape index (κ2) is 5.08. The minimum absolute atomic E-state index is 0.411. The molecule has 1 atom stereocenters. The Morgan fingerprint density at radius 2 is 2.17 bits per heavy atom. The SMILES string of the molecule is C[C@H]1COCCN1c1ncc(-c2ccccc2)s1. The number of hydrogen-bond acceptors (Lipinski definition) is 4. The van der Waals surface area contributed by atoms with Crippen molar-refractivity contribution in [3.63, 3.8) is 0 Å². The molecule has 3 rings (SSSR count). The van der Waals surface area contributed by atoms with Crippen molar-refractivity contribution in [1.82, 2.24) is 4.98 Å². The Morgan fingerprint density at radius 1 is 1.33 bits per heavy atom. The Kier molecular flexibility index (Phi) is 3.30. The smallest absolute Gasteiger partial charge is 0.186 e. The maximum Gasteiger partial charge on any atom is 0.186 e. The number of anilines is 1. The summed E-state index contributed by atoms with van der Waals surface area (Å²) in [6.45, 7) is 4.70. The van der Waals surface area contributed by atoms with E-state index in [1.165, 1.54) is 10.4 Å². The van der Waals surface area contributed by atoms with Crippen LogP contribution >= 0.6 is 11.3 Å². The van der Waals surface area contributed by atoms with Crippen LogP contribution in [0.15, 0.2) is 36.5 Å². The number of hydrogen-bond donors (Lipinski definition) is 0. The molecule has 18 heavy (non-hydrogen) atoms. The van der Waals surface area contributed by atoms with Crippen molar-refractivity contribution < 1.29 is 4.74 Å². The van der Waals surface area contributed by atoms with Crippen LogP contribution in [0.4, 0.5) is 5.13 Å². The van der Waals surface area contributed by atoms with Gasteiger partial charge >= 0.3 is 0 Å². The van der Waals surface area contributed by atoms with E-state index in [-0.39, 0.29) is 0 Å². The van der Waals surface area contributed by atoms with Crippen LogP contribution in [-0.2, 0) is 4.74 Å². The van der Waals surface area contributed by atoms with Crippen LogP contribution in [0.25, 0.3) is 10.4 Å². The average Bonchev–Trinajstić information content (AvgIpc) is 2.90. The molecular formula is C14H16N2OS. The first-order chi connectivity index (χ1) is 8.84. The van der Waals surface area contributed by atoms with Crippen LogP contribution in [0.2, 0.25) is 0 Å². The zero-order valence-electron chi connectivity index (χ0n) is 10.4. The van der Waals surface area contributed by atoms with E-state index in [1.54, 1.807) is 11.3 Å². The largest absolute Gasteiger partial charge is 0.377 e. The van der Waals surface area contributed by atoms with Crippen LogP contribution in [0.3, 0.4) is 0 Å². The fourth-order valence-corrected chi connectivity index (χ4v) is 3.19. The highest BCUT2D eigenvalue weighted by atomic mass is 32.1. The third kappa shape index (κ3) is 2.26. The molecule has 1 saturated heterocycles. The number of rotatable bonds is 2. The van der Waals surface area contributed by atoms with E-state index >= 15 is 0 Å². The van der Waals surface area contributed by atoms with E-state index in [2.05, 4.69) is 41.1 Å². The second-order valence-corrected chi connectivity index (χ2v) is 5.50. The van der Waals surface area contributed by atoms with Crippen molar-refractivity contribution in [2.45, 2.75) is 13.0 Å². The van der Waals surface area contributed by atoms with Crippen molar-refractivity contribution in [1.29, 1.82) is 0 Å². The molecule has 2 heterocycles. The van der Waals surface area contributed by atoms with E-state index < -0.39 is 0 Å². The minimum Gasteiger partial charge on any atom is -0.377 e. The van der Waals surface area contributed by atoms with Gasteiger partial charge in [0.15, 0.2) is 5.13 Å². The van der Waals surface area contributed by atoms with Gasteiger partial charge in [0.1, 0.15) is 0 Å². The lowest BCUT2D eigenvalue weighted by Crippen LogP contribution is -2.43. The van der Waals surface area contributed by atoms with Crippen molar-refractivity contribution >= 4 is 16.5 Å². The molecule has 3 nitrogen and oxygen atoms in total. The predicted molar refractivity (Wildman–Crippen MR) is 75.2 cm³/mol. The predicted octanol–water partition coefficient (Wildman–Crippen LogP) is 3.04. The molecule has 1 aromatic heterocycles. The standard InChI is InChI=1S/C14H16N2OS/c1-11-10-17-8-7-16(11)14-15-9-13(18-14)12-5-3-2-4-6-12/h2-6,9,11H,7-8,10H2,1H3/t11-/m0/s1. The van der Waals surface area contributed by atoms with E-state index in [0.717, 1.165) is 24.9 Å². The Morgan fingerprint density at radius 3 is 2.94 bits per heavy atom. The third-order valence-electron chi connectivity index (χ3n) is 3.17. The summed E-state index contributed by atoms with van der Waals surface area (Å²) in [6.07, 6.45) is 1.97. The van der Waals surface area contributed by atoms with Crippen LogP contribution in [0, 0.1) is 0 Å².